The molecule has 2 heterocycles. The number of aromatic nitrogens is 4. The summed E-state index contributed by atoms with van der Waals surface area (Å²) in [4.78, 5) is 8.53. The normalized spacial score (nSPS) is 12.0. The standard InChI is InChI=1S/C17H21N5/c1-11-6-5-7-12(8-11)9-13-14-15(18)19-10-20-16(14)22(21-13)17(2,3)4/h5-8,10H,9H2,1-4H3,(H2,18,19,20). The minimum absolute atomic E-state index is 0.163. The Morgan fingerprint density at radius 1 is 1.18 bits per heavy atom. The summed E-state index contributed by atoms with van der Waals surface area (Å²) in [6.45, 7) is 8.41. The Labute approximate surface area is 130 Å². The number of nitrogens with two attached hydrogens (primary N) is 1. The van der Waals surface area contributed by atoms with Gasteiger partial charge < -0.3 is 5.73 Å². The zero-order valence-electron chi connectivity index (χ0n) is 13.5. The highest BCUT2D eigenvalue weighted by atomic mass is 15.3. The zero-order chi connectivity index (χ0) is 15.9. The van der Waals surface area contributed by atoms with Crippen LogP contribution in [-0.4, -0.2) is 19.7 Å². The second-order valence-corrected chi connectivity index (χ2v) is 6.65. The molecule has 0 aliphatic heterocycles. The molecule has 3 aromatic rings. The van der Waals surface area contributed by atoms with Gasteiger partial charge in [-0.25, -0.2) is 14.6 Å². The summed E-state index contributed by atoms with van der Waals surface area (Å²) >= 11 is 0. The monoisotopic (exact) mass is 295 g/mol. The van der Waals surface area contributed by atoms with E-state index in [1.165, 1.54) is 17.5 Å². The molecule has 2 aromatic heterocycles. The van der Waals surface area contributed by atoms with Crippen LogP contribution in [0.2, 0.25) is 0 Å². The molecule has 0 saturated heterocycles. The van der Waals surface area contributed by atoms with E-state index in [4.69, 9.17) is 10.8 Å². The number of hydrogen-bond donors (Lipinski definition) is 1. The van der Waals surface area contributed by atoms with Crippen LogP contribution in [0.4, 0.5) is 5.82 Å². The van der Waals surface area contributed by atoms with Crippen LogP contribution < -0.4 is 5.73 Å². The van der Waals surface area contributed by atoms with E-state index in [0.717, 1.165) is 23.1 Å². The largest absolute Gasteiger partial charge is 0.383 e. The van der Waals surface area contributed by atoms with Gasteiger partial charge in [0.25, 0.3) is 0 Å². The molecule has 0 amide bonds. The number of nitrogens with zero attached hydrogens (tertiary/aromatic N) is 4. The van der Waals surface area contributed by atoms with Crippen LogP contribution in [-0.2, 0) is 12.0 Å². The zero-order valence-corrected chi connectivity index (χ0v) is 13.5. The fourth-order valence-electron chi connectivity index (χ4n) is 2.65. The van der Waals surface area contributed by atoms with E-state index in [1.807, 2.05) is 4.68 Å². The van der Waals surface area contributed by atoms with Crippen molar-refractivity contribution >= 4 is 16.9 Å². The Bertz CT molecular complexity index is 827. The minimum Gasteiger partial charge on any atom is -0.383 e. The number of anilines is 1. The molecule has 0 atom stereocenters. The van der Waals surface area contributed by atoms with E-state index in [1.54, 1.807) is 0 Å². The fourth-order valence-corrected chi connectivity index (χ4v) is 2.65. The Morgan fingerprint density at radius 2 is 1.95 bits per heavy atom. The van der Waals surface area contributed by atoms with Gasteiger partial charge in [0, 0.05) is 6.42 Å². The van der Waals surface area contributed by atoms with E-state index >= 15 is 0 Å². The van der Waals surface area contributed by atoms with Crippen molar-refractivity contribution in [2.24, 2.45) is 0 Å². The Kier molecular flexibility index (Phi) is 3.35. The van der Waals surface area contributed by atoms with Crippen molar-refractivity contribution < 1.29 is 0 Å². The lowest BCUT2D eigenvalue weighted by Crippen LogP contribution is -2.23. The van der Waals surface area contributed by atoms with Crippen LogP contribution in [0.15, 0.2) is 30.6 Å². The average Bonchev–Trinajstić information content (AvgIpc) is 2.79. The second-order valence-electron chi connectivity index (χ2n) is 6.65. The Balaban J connectivity index is 2.17. The molecular formula is C17H21N5. The van der Waals surface area contributed by atoms with Crippen LogP contribution in [0.1, 0.15) is 37.6 Å². The predicted octanol–water partition coefficient (Wildman–Crippen LogP) is 3.06. The summed E-state index contributed by atoms with van der Waals surface area (Å²) in [7, 11) is 0. The van der Waals surface area contributed by atoms with Crippen LogP contribution in [0.3, 0.4) is 0 Å². The van der Waals surface area contributed by atoms with Gasteiger partial charge in [-0.3, -0.25) is 0 Å². The van der Waals surface area contributed by atoms with E-state index in [-0.39, 0.29) is 5.54 Å². The molecule has 0 unspecified atom stereocenters. The minimum atomic E-state index is -0.163. The van der Waals surface area contributed by atoms with Gasteiger partial charge in [-0.05, 0) is 33.3 Å². The summed E-state index contributed by atoms with van der Waals surface area (Å²) < 4.78 is 1.94. The fraction of sp³-hybridized carbons (Fsp3) is 0.353. The molecule has 0 aliphatic carbocycles. The highest BCUT2D eigenvalue weighted by Gasteiger charge is 2.23. The molecule has 0 fully saturated rings. The lowest BCUT2D eigenvalue weighted by molar-refractivity contribution is 0.363. The third-order valence-electron chi connectivity index (χ3n) is 3.66. The summed E-state index contributed by atoms with van der Waals surface area (Å²) in [5.74, 6) is 0.489. The first-order valence-electron chi connectivity index (χ1n) is 7.40. The summed E-state index contributed by atoms with van der Waals surface area (Å²) in [5, 5.41) is 5.64. The van der Waals surface area contributed by atoms with Gasteiger partial charge in [0.2, 0.25) is 0 Å². The van der Waals surface area contributed by atoms with Gasteiger partial charge in [0.1, 0.15) is 12.1 Å². The molecule has 0 radical (unpaired) electrons. The lowest BCUT2D eigenvalue weighted by atomic mass is 10.1. The molecular weight excluding hydrogens is 274 g/mol. The van der Waals surface area contributed by atoms with E-state index in [9.17, 15) is 0 Å². The van der Waals surface area contributed by atoms with Crippen LogP contribution in [0.5, 0.6) is 0 Å². The topological polar surface area (TPSA) is 69.6 Å². The quantitative estimate of drug-likeness (QED) is 0.789. The van der Waals surface area contributed by atoms with E-state index in [2.05, 4.69) is 61.9 Å². The van der Waals surface area contributed by atoms with Gasteiger partial charge in [-0.2, -0.15) is 5.10 Å². The van der Waals surface area contributed by atoms with Crippen molar-refractivity contribution in [2.45, 2.75) is 39.7 Å². The first-order valence-corrected chi connectivity index (χ1v) is 7.40. The number of hydrogen-bond acceptors (Lipinski definition) is 4. The second kappa shape index (κ2) is 5.09. The maximum atomic E-state index is 6.09. The molecule has 0 aliphatic rings. The molecule has 5 nitrogen and oxygen atoms in total. The Morgan fingerprint density at radius 3 is 2.64 bits per heavy atom. The number of fused-ring (bicyclic) bond motifs is 1. The first kappa shape index (κ1) is 14.5. The third-order valence-corrected chi connectivity index (χ3v) is 3.66. The summed E-state index contributed by atoms with van der Waals surface area (Å²) in [6, 6.07) is 8.43. The highest BCUT2D eigenvalue weighted by molar-refractivity contribution is 5.88. The molecule has 5 heteroatoms. The van der Waals surface area contributed by atoms with E-state index in [0.29, 0.717) is 5.82 Å². The van der Waals surface area contributed by atoms with Gasteiger partial charge in [-0.15, -0.1) is 0 Å². The molecule has 1 aromatic carbocycles. The number of aryl methyl sites for hydroxylation is 1. The highest BCUT2D eigenvalue weighted by Crippen LogP contribution is 2.27. The number of rotatable bonds is 2. The first-order chi connectivity index (χ1) is 10.4. The number of benzene rings is 1. The lowest BCUT2D eigenvalue weighted by Gasteiger charge is -2.19. The molecule has 0 bridgehead atoms. The molecule has 0 saturated carbocycles. The number of nitrogen functional groups attached to an aromatic ring is 1. The van der Waals surface area contributed by atoms with Crippen LogP contribution in [0, 0.1) is 6.92 Å². The molecule has 114 valence electrons. The van der Waals surface area contributed by atoms with Gasteiger partial charge in [0.15, 0.2) is 5.65 Å². The van der Waals surface area contributed by atoms with Crippen molar-refractivity contribution in [2.75, 3.05) is 5.73 Å². The van der Waals surface area contributed by atoms with Gasteiger partial charge in [0.05, 0.1) is 16.6 Å². The van der Waals surface area contributed by atoms with Crippen LogP contribution in [0.25, 0.3) is 11.0 Å². The summed E-state index contributed by atoms with van der Waals surface area (Å²) in [5.41, 5.74) is 10.1. The summed E-state index contributed by atoms with van der Waals surface area (Å²) in [6.07, 6.45) is 2.22. The smallest absolute Gasteiger partial charge is 0.164 e. The van der Waals surface area contributed by atoms with Crippen LogP contribution >= 0.6 is 0 Å². The van der Waals surface area contributed by atoms with Gasteiger partial charge in [-0.1, -0.05) is 29.8 Å². The molecule has 0 spiro atoms. The molecule has 2 N–H and O–H groups in total. The Hall–Kier alpha value is -2.43. The molecule has 22 heavy (non-hydrogen) atoms. The van der Waals surface area contributed by atoms with Crippen molar-refractivity contribution in [3.63, 3.8) is 0 Å². The average molecular weight is 295 g/mol. The van der Waals surface area contributed by atoms with E-state index < -0.39 is 0 Å². The van der Waals surface area contributed by atoms with Crippen molar-refractivity contribution in [1.29, 1.82) is 0 Å². The SMILES string of the molecule is Cc1cccc(Cc2nn(C(C)(C)C)c3ncnc(N)c23)c1. The van der Waals surface area contributed by atoms with Crippen molar-refractivity contribution in [3.05, 3.63) is 47.4 Å². The maximum Gasteiger partial charge on any atom is 0.164 e. The van der Waals surface area contributed by atoms with Crippen molar-refractivity contribution in [1.82, 2.24) is 19.7 Å². The van der Waals surface area contributed by atoms with Gasteiger partial charge >= 0.3 is 0 Å². The third kappa shape index (κ3) is 2.54. The maximum absolute atomic E-state index is 6.09. The predicted molar refractivity (Wildman–Crippen MR) is 88.7 cm³/mol. The van der Waals surface area contributed by atoms with Crippen molar-refractivity contribution in [3.8, 4) is 0 Å². The molecule has 3 rings (SSSR count).